The van der Waals surface area contributed by atoms with Crippen LogP contribution in [0.25, 0.3) is 10.8 Å². The van der Waals surface area contributed by atoms with Gasteiger partial charge in [-0.3, -0.25) is 0 Å². The Bertz CT molecular complexity index is 800. The van der Waals surface area contributed by atoms with E-state index in [0.29, 0.717) is 0 Å². The van der Waals surface area contributed by atoms with Gasteiger partial charge in [-0.15, -0.1) is 0 Å². The van der Waals surface area contributed by atoms with Crippen LogP contribution >= 0.6 is 0 Å². The third kappa shape index (κ3) is 1.88. The van der Waals surface area contributed by atoms with E-state index in [0.717, 1.165) is 11.4 Å². The molecule has 0 aliphatic carbocycles. The van der Waals surface area contributed by atoms with Gasteiger partial charge < -0.3 is 5.11 Å². The maximum absolute atomic E-state index is 11.2. The molecule has 108 valence electrons. The number of benzene rings is 2. The lowest BCUT2D eigenvalue weighted by Crippen LogP contribution is -2.28. The Morgan fingerprint density at radius 2 is 1.86 bits per heavy atom. The zero-order chi connectivity index (χ0) is 15.4. The van der Waals surface area contributed by atoms with Gasteiger partial charge in [0.2, 0.25) is 12.2 Å². The zero-order valence-corrected chi connectivity index (χ0v) is 12.9. The van der Waals surface area contributed by atoms with E-state index in [2.05, 4.69) is 51.1 Å². The SMILES string of the molecule is CC1=[N+](CC(=O)O)c2ccc3c(C)cccc3c2C1(C)C. The molecular formula is C18H20NO2+. The number of carboxylic acid groups (broad SMARTS) is 1. The van der Waals surface area contributed by atoms with E-state index in [1.54, 1.807) is 0 Å². The Balaban J connectivity index is 2.36. The lowest BCUT2D eigenvalue weighted by atomic mass is 9.79. The van der Waals surface area contributed by atoms with Gasteiger partial charge in [-0.2, -0.15) is 4.58 Å². The van der Waals surface area contributed by atoms with Gasteiger partial charge in [-0.05, 0) is 43.2 Å². The Hall–Kier alpha value is -2.16. The molecule has 1 aliphatic heterocycles. The van der Waals surface area contributed by atoms with Crippen LogP contribution in [0.3, 0.4) is 0 Å². The van der Waals surface area contributed by atoms with E-state index in [1.165, 1.54) is 21.9 Å². The number of aliphatic carboxylic acids is 1. The molecule has 0 saturated carbocycles. The van der Waals surface area contributed by atoms with Crippen LogP contribution in [0, 0.1) is 6.92 Å². The Kier molecular flexibility index (Phi) is 2.90. The summed E-state index contributed by atoms with van der Waals surface area (Å²) in [5.74, 6) is -0.803. The second-order valence-corrected chi connectivity index (χ2v) is 6.32. The molecule has 0 unspecified atom stereocenters. The lowest BCUT2D eigenvalue weighted by Gasteiger charge is -2.17. The first-order chi connectivity index (χ1) is 9.84. The molecular weight excluding hydrogens is 262 g/mol. The second-order valence-electron chi connectivity index (χ2n) is 6.32. The maximum atomic E-state index is 11.2. The third-order valence-corrected chi connectivity index (χ3v) is 4.78. The quantitative estimate of drug-likeness (QED) is 0.854. The minimum absolute atomic E-state index is 0.0135. The molecule has 0 spiro atoms. The van der Waals surface area contributed by atoms with Crippen molar-refractivity contribution in [3.05, 3.63) is 41.5 Å². The number of aryl methyl sites for hydroxylation is 1. The molecule has 0 saturated heterocycles. The van der Waals surface area contributed by atoms with Crippen molar-refractivity contribution in [3.63, 3.8) is 0 Å². The molecule has 0 atom stereocenters. The molecule has 1 aliphatic rings. The molecule has 3 rings (SSSR count). The number of carbonyl (C=O) groups is 1. The van der Waals surface area contributed by atoms with Gasteiger partial charge in [0.25, 0.3) is 0 Å². The minimum atomic E-state index is -0.803. The van der Waals surface area contributed by atoms with Crippen molar-refractivity contribution in [3.8, 4) is 0 Å². The van der Waals surface area contributed by atoms with E-state index >= 15 is 0 Å². The summed E-state index contributed by atoms with van der Waals surface area (Å²) in [5.41, 5.74) is 4.45. The average molecular weight is 282 g/mol. The summed E-state index contributed by atoms with van der Waals surface area (Å²) >= 11 is 0. The molecule has 1 N–H and O–H groups in total. The molecule has 1 heterocycles. The summed E-state index contributed by atoms with van der Waals surface area (Å²) in [7, 11) is 0. The molecule has 3 nitrogen and oxygen atoms in total. The molecule has 0 bridgehead atoms. The summed E-state index contributed by atoms with van der Waals surface area (Å²) in [4.78, 5) is 11.2. The van der Waals surface area contributed by atoms with Crippen LogP contribution in [0.2, 0.25) is 0 Å². The normalized spacial score (nSPS) is 16.4. The number of rotatable bonds is 2. The Morgan fingerprint density at radius 3 is 2.52 bits per heavy atom. The van der Waals surface area contributed by atoms with E-state index in [-0.39, 0.29) is 12.0 Å². The van der Waals surface area contributed by atoms with E-state index in [4.69, 9.17) is 0 Å². The first-order valence-electron chi connectivity index (χ1n) is 7.20. The largest absolute Gasteiger partial charge is 0.477 e. The second kappa shape index (κ2) is 4.42. The van der Waals surface area contributed by atoms with Crippen molar-refractivity contribution < 1.29 is 14.5 Å². The molecule has 2 aromatic carbocycles. The Labute approximate surface area is 124 Å². The van der Waals surface area contributed by atoms with Gasteiger partial charge in [0.05, 0.1) is 5.41 Å². The first kappa shape index (κ1) is 13.8. The minimum Gasteiger partial charge on any atom is -0.477 e. The number of nitrogens with zero attached hydrogens (tertiary/aromatic N) is 1. The van der Waals surface area contributed by atoms with Crippen LogP contribution in [0.5, 0.6) is 0 Å². The van der Waals surface area contributed by atoms with Crippen molar-refractivity contribution in [1.29, 1.82) is 0 Å². The average Bonchev–Trinajstić information content (AvgIpc) is 2.60. The summed E-state index contributed by atoms with van der Waals surface area (Å²) < 4.78 is 1.93. The van der Waals surface area contributed by atoms with Crippen molar-refractivity contribution in [1.82, 2.24) is 0 Å². The van der Waals surface area contributed by atoms with Gasteiger partial charge in [0, 0.05) is 18.6 Å². The molecule has 0 amide bonds. The van der Waals surface area contributed by atoms with Gasteiger partial charge in [0.15, 0.2) is 5.71 Å². The predicted octanol–water partition coefficient (Wildman–Crippen LogP) is 3.63. The van der Waals surface area contributed by atoms with Crippen molar-refractivity contribution in [2.24, 2.45) is 0 Å². The van der Waals surface area contributed by atoms with Crippen LogP contribution in [0.1, 0.15) is 31.9 Å². The van der Waals surface area contributed by atoms with Crippen molar-refractivity contribution >= 4 is 28.1 Å². The van der Waals surface area contributed by atoms with Crippen LogP contribution in [-0.4, -0.2) is 27.9 Å². The number of hydrogen-bond acceptors (Lipinski definition) is 1. The molecule has 3 heteroatoms. The molecule has 21 heavy (non-hydrogen) atoms. The standard InChI is InChI=1S/C18H19NO2/c1-11-6-5-7-14-13(11)8-9-15-17(14)18(3,4)12(2)19(15)10-16(20)21/h5-9H,10H2,1-4H3/p+1. The maximum Gasteiger partial charge on any atom is 0.370 e. The fraction of sp³-hybridized carbons (Fsp3) is 0.333. The van der Waals surface area contributed by atoms with E-state index in [9.17, 15) is 9.90 Å². The van der Waals surface area contributed by atoms with Crippen molar-refractivity contribution in [2.45, 2.75) is 33.1 Å². The number of hydrogen-bond donors (Lipinski definition) is 1. The summed E-state index contributed by atoms with van der Waals surface area (Å²) in [6.45, 7) is 8.50. The molecule has 0 fully saturated rings. The predicted molar refractivity (Wildman–Crippen MR) is 84.8 cm³/mol. The highest BCUT2D eigenvalue weighted by Gasteiger charge is 2.44. The number of fused-ring (bicyclic) bond motifs is 3. The molecule has 2 aromatic rings. The van der Waals surface area contributed by atoms with Gasteiger partial charge in [-0.25, -0.2) is 4.79 Å². The van der Waals surface area contributed by atoms with E-state index in [1.807, 2.05) is 11.5 Å². The Morgan fingerprint density at radius 1 is 1.14 bits per heavy atom. The fourth-order valence-electron chi connectivity index (χ4n) is 3.42. The van der Waals surface area contributed by atoms with Crippen LogP contribution in [0.4, 0.5) is 5.69 Å². The highest BCUT2D eigenvalue weighted by Crippen LogP contribution is 2.44. The fourth-order valence-corrected chi connectivity index (χ4v) is 3.42. The smallest absolute Gasteiger partial charge is 0.370 e. The lowest BCUT2D eigenvalue weighted by molar-refractivity contribution is -0.429. The monoisotopic (exact) mass is 282 g/mol. The van der Waals surface area contributed by atoms with Crippen LogP contribution in [0.15, 0.2) is 30.3 Å². The van der Waals surface area contributed by atoms with Gasteiger partial charge in [0.1, 0.15) is 0 Å². The summed E-state index contributed by atoms with van der Waals surface area (Å²) in [6.07, 6.45) is 0. The topological polar surface area (TPSA) is 40.3 Å². The van der Waals surface area contributed by atoms with Gasteiger partial charge in [-0.1, -0.05) is 18.2 Å². The zero-order valence-electron chi connectivity index (χ0n) is 12.9. The summed E-state index contributed by atoms with van der Waals surface area (Å²) in [5, 5.41) is 11.7. The van der Waals surface area contributed by atoms with E-state index < -0.39 is 5.97 Å². The number of carboxylic acids is 1. The van der Waals surface area contributed by atoms with Crippen LogP contribution < -0.4 is 0 Å². The highest BCUT2D eigenvalue weighted by atomic mass is 16.4. The molecule has 0 aromatic heterocycles. The van der Waals surface area contributed by atoms with Gasteiger partial charge >= 0.3 is 5.97 Å². The van der Waals surface area contributed by atoms with Crippen LogP contribution in [-0.2, 0) is 10.2 Å². The first-order valence-corrected chi connectivity index (χ1v) is 7.20. The summed E-state index contributed by atoms with van der Waals surface area (Å²) in [6, 6.07) is 10.5. The third-order valence-electron chi connectivity index (χ3n) is 4.78. The molecule has 0 radical (unpaired) electrons. The van der Waals surface area contributed by atoms with Crippen molar-refractivity contribution in [2.75, 3.05) is 6.54 Å². The highest BCUT2D eigenvalue weighted by molar-refractivity contribution is 6.02.